The Labute approximate surface area is 149 Å². The number of fused-ring (bicyclic) bond motifs is 4. The van der Waals surface area contributed by atoms with Crippen molar-refractivity contribution in [3.63, 3.8) is 0 Å². The number of nitrogens with one attached hydrogen (secondary N) is 1. The average Bonchev–Trinajstić information content (AvgIpc) is 2.51. The molecule has 1 N–H and O–H groups in total. The van der Waals surface area contributed by atoms with Crippen molar-refractivity contribution >= 4 is 27.6 Å². The zero-order chi connectivity index (χ0) is 17.1. The quantitative estimate of drug-likeness (QED) is 0.761. The third kappa shape index (κ3) is 2.30. The van der Waals surface area contributed by atoms with E-state index in [0.29, 0.717) is 6.42 Å². The van der Waals surface area contributed by atoms with Gasteiger partial charge in [-0.1, -0.05) is 22.0 Å². The molecule has 4 nitrogen and oxygen atoms in total. The van der Waals surface area contributed by atoms with Crippen molar-refractivity contribution in [1.82, 2.24) is 5.32 Å². The summed E-state index contributed by atoms with van der Waals surface area (Å²) >= 11 is 3.49. The van der Waals surface area contributed by atoms with Crippen molar-refractivity contribution < 1.29 is 9.53 Å². The van der Waals surface area contributed by atoms with E-state index in [9.17, 15) is 4.79 Å². The third-order valence-corrected chi connectivity index (χ3v) is 5.48. The largest absolute Gasteiger partial charge is 0.467 e. The molecular formula is C19H19BrN2O2. The van der Waals surface area contributed by atoms with Gasteiger partial charge in [-0.2, -0.15) is 0 Å². The maximum atomic E-state index is 12.8. The fourth-order valence-corrected chi connectivity index (χ4v) is 3.98. The number of urea groups is 1. The summed E-state index contributed by atoms with van der Waals surface area (Å²) in [5.41, 5.74) is 3.55. The van der Waals surface area contributed by atoms with Gasteiger partial charge in [-0.05, 0) is 62.2 Å². The van der Waals surface area contributed by atoms with Crippen molar-refractivity contribution in [3.05, 3.63) is 57.6 Å². The number of hydrogen-bond donors (Lipinski definition) is 1. The number of carbonyl (C=O) groups excluding carboxylic acids is 1. The zero-order valence-corrected chi connectivity index (χ0v) is 15.5. The van der Waals surface area contributed by atoms with Crippen LogP contribution in [0.1, 0.15) is 36.1 Å². The van der Waals surface area contributed by atoms with E-state index in [1.165, 1.54) is 5.56 Å². The average molecular weight is 387 g/mol. The maximum absolute atomic E-state index is 12.8. The number of hydrogen-bond acceptors (Lipinski definition) is 2. The van der Waals surface area contributed by atoms with Crippen LogP contribution in [0.2, 0.25) is 0 Å². The number of halogens is 1. The van der Waals surface area contributed by atoms with Crippen LogP contribution in [0.15, 0.2) is 40.9 Å². The number of aryl methyl sites for hydroxylation is 2. The first-order valence-corrected chi connectivity index (χ1v) is 8.83. The molecule has 2 aliphatic rings. The van der Waals surface area contributed by atoms with Crippen LogP contribution in [0.5, 0.6) is 5.75 Å². The topological polar surface area (TPSA) is 41.6 Å². The van der Waals surface area contributed by atoms with E-state index < -0.39 is 5.72 Å². The Balaban J connectivity index is 1.80. The Morgan fingerprint density at radius 1 is 1.21 bits per heavy atom. The van der Waals surface area contributed by atoms with Crippen LogP contribution in [0.25, 0.3) is 0 Å². The Morgan fingerprint density at radius 2 is 2.00 bits per heavy atom. The lowest BCUT2D eigenvalue weighted by Crippen LogP contribution is -2.65. The van der Waals surface area contributed by atoms with E-state index in [2.05, 4.69) is 35.1 Å². The maximum Gasteiger partial charge on any atom is 0.325 e. The summed E-state index contributed by atoms with van der Waals surface area (Å²) in [6.45, 7) is 6.11. The van der Waals surface area contributed by atoms with Crippen LogP contribution in [0.3, 0.4) is 0 Å². The van der Waals surface area contributed by atoms with Gasteiger partial charge in [-0.15, -0.1) is 0 Å². The van der Waals surface area contributed by atoms with Crippen LogP contribution < -0.4 is 15.0 Å². The number of benzene rings is 2. The summed E-state index contributed by atoms with van der Waals surface area (Å²) in [6, 6.07) is 11.8. The summed E-state index contributed by atoms with van der Waals surface area (Å²) in [6.07, 6.45) is 0.703. The minimum atomic E-state index is -0.699. The second kappa shape index (κ2) is 5.24. The highest BCUT2D eigenvalue weighted by Crippen LogP contribution is 2.46. The minimum Gasteiger partial charge on any atom is -0.467 e. The second-order valence-electron chi connectivity index (χ2n) is 6.77. The van der Waals surface area contributed by atoms with Gasteiger partial charge in [0.05, 0.1) is 6.04 Å². The molecule has 2 amide bonds. The van der Waals surface area contributed by atoms with Crippen molar-refractivity contribution in [1.29, 1.82) is 0 Å². The lowest BCUT2D eigenvalue weighted by Gasteiger charge is -2.50. The van der Waals surface area contributed by atoms with E-state index in [1.54, 1.807) is 4.90 Å². The molecule has 0 spiro atoms. The first kappa shape index (κ1) is 15.5. The Kier molecular flexibility index (Phi) is 3.39. The molecule has 2 aliphatic heterocycles. The molecule has 2 heterocycles. The van der Waals surface area contributed by atoms with Gasteiger partial charge >= 0.3 is 6.03 Å². The molecule has 4 rings (SSSR count). The Bertz CT molecular complexity index is 851. The smallest absolute Gasteiger partial charge is 0.325 e. The molecule has 0 saturated carbocycles. The second-order valence-corrected chi connectivity index (χ2v) is 7.69. The number of rotatable bonds is 1. The number of anilines is 1. The molecule has 0 aromatic heterocycles. The molecule has 124 valence electrons. The summed E-state index contributed by atoms with van der Waals surface area (Å²) in [4.78, 5) is 14.6. The van der Waals surface area contributed by atoms with Gasteiger partial charge in [0.25, 0.3) is 0 Å². The van der Waals surface area contributed by atoms with Gasteiger partial charge < -0.3 is 10.1 Å². The van der Waals surface area contributed by atoms with Gasteiger partial charge in [0.15, 0.2) is 5.72 Å². The highest BCUT2D eigenvalue weighted by atomic mass is 79.9. The Hall–Kier alpha value is -2.01. The first-order chi connectivity index (χ1) is 11.4. The number of amides is 2. The minimum absolute atomic E-state index is 0.0356. The monoisotopic (exact) mass is 386 g/mol. The Morgan fingerprint density at radius 3 is 2.75 bits per heavy atom. The highest BCUT2D eigenvalue weighted by Gasteiger charge is 2.49. The molecular weight excluding hydrogens is 368 g/mol. The predicted molar refractivity (Wildman–Crippen MR) is 97.5 cm³/mol. The van der Waals surface area contributed by atoms with E-state index >= 15 is 0 Å². The van der Waals surface area contributed by atoms with E-state index in [-0.39, 0.29) is 12.1 Å². The van der Waals surface area contributed by atoms with E-state index in [0.717, 1.165) is 27.0 Å². The van der Waals surface area contributed by atoms with Crippen molar-refractivity contribution in [2.24, 2.45) is 0 Å². The summed E-state index contributed by atoms with van der Waals surface area (Å²) in [7, 11) is 0. The van der Waals surface area contributed by atoms with Crippen LogP contribution in [0, 0.1) is 13.8 Å². The summed E-state index contributed by atoms with van der Waals surface area (Å²) in [5, 5.41) is 3.13. The van der Waals surface area contributed by atoms with E-state index in [1.807, 2.05) is 43.3 Å². The normalized spacial score (nSPS) is 24.9. The third-order valence-electron chi connectivity index (χ3n) is 4.98. The summed E-state index contributed by atoms with van der Waals surface area (Å²) in [5.74, 6) is 0.825. The van der Waals surface area contributed by atoms with Gasteiger partial charge in [0, 0.05) is 22.1 Å². The fraction of sp³-hybridized carbons (Fsp3) is 0.316. The van der Waals surface area contributed by atoms with Gasteiger partial charge in [-0.25, -0.2) is 4.79 Å². The molecule has 1 saturated heterocycles. The van der Waals surface area contributed by atoms with Gasteiger partial charge in [-0.3, -0.25) is 4.90 Å². The van der Waals surface area contributed by atoms with Crippen molar-refractivity contribution in [3.8, 4) is 5.75 Å². The molecule has 0 radical (unpaired) electrons. The molecule has 24 heavy (non-hydrogen) atoms. The van der Waals surface area contributed by atoms with E-state index in [4.69, 9.17) is 4.74 Å². The van der Waals surface area contributed by atoms with Crippen LogP contribution in [0.4, 0.5) is 10.5 Å². The lowest BCUT2D eigenvalue weighted by molar-refractivity contribution is 0.0378. The van der Waals surface area contributed by atoms with Crippen molar-refractivity contribution in [2.45, 2.75) is 39.0 Å². The SMILES string of the molecule is Cc1ccc(N2C(=O)NC3C[C@]2(C)Oc2ccc(Br)cc23)cc1C. The van der Waals surface area contributed by atoms with Gasteiger partial charge in [0.1, 0.15) is 5.75 Å². The molecule has 2 atom stereocenters. The number of nitrogens with zero attached hydrogens (tertiary/aromatic N) is 1. The molecule has 1 unspecified atom stereocenters. The van der Waals surface area contributed by atoms with Crippen molar-refractivity contribution in [2.75, 3.05) is 4.90 Å². The molecule has 2 aromatic carbocycles. The highest BCUT2D eigenvalue weighted by molar-refractivity contribution is 9.10. The zero-order valence-electron chi connectivity index (χ0n) is 13.9. The van der Waals surface area contributed by atoms with Crippen LogP contribution in [-0.4, -0.2) is 11.8 Å². The van der Waals surface area contributed by atoms with Crippen LogP contribution in [-0.2, 0) is 0 Å². The molecule has 5 heteroatoms. The lowest BCUT2D eigenvalue weighted by atomic mass is 9.90. The molecule has 1 fully saturated rings. The molecule has 2 bridgehead atoms. The predicted octanol–water partition coefficient (Wildman–Crippen LogP) is 4.84. The van der Waals surface area contributed by atoms with Gasteiger partial charge in [0.2, 0.25) is 0 Å². The molecule has 2 aromatic rings. The first-order valence-electron chi connectivity index (χ1n) is 8.04. The van der Waals surface area contributed by atoms with Crippen LogP contribution >= 0.6 is 15.9 Å². The number of carbonyl (C=O) groups is 1. The molecule has 0 aliphatic carbocycles. The summed E-state index contributed by atoms with van der Waals surface area (Å²) < 4.78 is 7.28. The number of ether oxygens (including phenoxy) is 1. The fourth-order valence-electron chi connectivity index (χ4n) is 3.60. The standard InChI is InChI=1S/C19H19BrN2O2/c1-11-4-6-14(8-12(11)2)22-18(23)21-16-10-19(22,3)24-17-7-5-13(20)9-15(16)17/h4-9,16H,10H2,1-3H3,(H,21,23)/t16?,19-/m0/s1.